The van der Waals surface area contributed by atoms with Crippen molar-refractivity contribution < 1.29 is 18.3 Å². The van der Waals surface area contributed by atoms with E-state index in [1.165, 1.54) is 4.31 Å². The van der Waals surface area contributed by atoms with Crippen LogP contribution >= 0.6 is 0 Å². The van der Waals surface area contributed by atoms with Gasteiger partial charge in [0.2, 0.25) is 10.0 Å². The Balaban J connectivity index is 2.34. The number of hydrogen-bond donors (Lipinski definition) is 1. The Morgan fingerprint density at radius 3 is 2.64 bits per heavy atom. The molecule has 1 fully saturated rings. The van der Waals surface area contributed by atoms with Crippen molar-refractivity contribution in [2.45, 2.75) is 24.7 Å². The molecule has 0 aliphatic carbocycles. The molecule has 22 heavy (non-hydrogen) atoms. The van der Waals surface area contributed by atoms with Crippen molar-refractivity contribution in [3.05, 3.63) is 23.8 Å². The van der Waals surface area contributed by atoms with E-state index in [4.69, 9.17) is 5.11 Å². The molecule has 0 amide bonds. The maximum Gasteiger partial charge on any atom is 0.307 e. The molecule has 1 aliphatic heterocycles. The van der Waals surface area contributed by atoms with Crippen molar-refractivity contribution in [1.82, 2.24) is 4.31 Å². The predicted molar refractivity (Wildman–Crippen MR) is 84.6 cm³/mol. The van der Waals surface area contributed by atoms with E-state index >= 15 is 0 Å². The van der Waals surface area contributed by atoms with Crippen molar-refractivity contribution in [3.63, 3.8) is 0 Å². The Labute approximate surface area is 131 Å². The normalized spacial score (nSPS) is 19.9. The van der Waals surface area contributed by atoms with Crippen LogP contribution in [0.1, 0.15) is 18.4 Å². The monoisotopic (exact) mass is 326 g/mol. The zero-order valence-corrected chi connectivity index (χ0v) is 13.9. The van der Waals surface area contributed by atoms with Crippen molar-refractivity contribution in [2.75, 3.05) is 32.1 Å². The highest BCUT2D eigenvalue weighted by atomic mass is 32.2. The molecule has 2 rings (SSSR count). The summed E-state index contributed by atoms with van der Waals surface area (Å²) in [5.74, 6) is -1.56. The van der Waals surface area contributed by atoms with Crippen molar-refractivity contribution in [2.24, 2.45) is 5.92 Å². The van der Waals surface area contributed by atoms with Crippen LogP contribution in [0.3, 0.4) is 0 Å². The van der Waals surface area contributed by atoms with Gasteiger partial charge in [-0.15, -0.1) is 0 Å². The molecule has 1 aliphatic rings. The number of anilines is 1. The minimum Gasteiger partial charge on any atom is -0.481 e. The second-order valence-corrected chi connectivity index (χ2v) is 7.82. The Morgan fingerprint density at radius 1 is 1.36 bits per heavy atom. The van der Waals surface area contributed by atoms with Crippen LogP contribution in [0.5, 0.6) is 0 Å². The van der Waals surface area contributed by atoms with Gasteiger partial charge in [-0.1, -0.05) is 6.07 Å². The van der Waals surface area contributed by atoms with Crippen LogP contribution in [-0.2, 0) is 14.8 Å². The van der Waals surface area contributed by atoms with Gasteiger partial charge < -0.3 is 10.0 Å². The Kier molecular flexibility index (Phi) is 4.77. The highest BCUT2D eigenvalue weighted by Crippen LogP contribution is 2.27. The van der Waals surface area contributed by atoms with E-state index in [1.807, 2.05) is 25.9 Å². The Bertz CT molecular complexity index is 670. The number of hydrogen-bond acceptors (Lipinski definition) is 4. The number of rotatable bonds is 4. The van der Waals surface area contributed by atoms with Crippen molar-refractivity contribution in [1.29, 1.82) is 0 Å². The summed E-state index contributed by atoms with van der Waals surface area (Å²) in [6.45, 7) is 2.34. The summed E-state index contributed by atoms with van der Waals surface area (Å²) in [5.41, 5.74) is 1.83. The van der Waals surface area contributed by atoms with Gasteiger partial charge in [-0.2, -0.15) is 4.31 Å². The lowest BCUT2D eigenvalue weighted by Crippen LogP contribution is -2.42. The molecule has 7 heteroatoms. The highest BCUT2D eigenvalue weighted by Gasteiger charge is 2.33. The summed E-state index contributed by atoms with van der Waals surface area (Å²) < 4.78 is 26.8. The van der Waals surface area contributed by atoms with Crippen LogP contribution in [0.2, 0.25) is 0 Å². The zero-order valence-electron chi connectivity index (χ0n) is 13.1. The number of carboxylic acids is 1. The molecule has 1 N–H and O–H groups in total. The largest absolute Gasteiger partial charge is 0.481 e. The third kappa shape index (κ3) is 3.25. The summed E-state index contributed by atoms with van der Waals surface area (Å²) in [7, 11) is 0.0645. The first-order chi connectivity index (χ1) is 10.2. The van der Waals surface area contributed by atoms with Gasteiger partial charge in [-0.25, -0.2) is 8.42 Å². The van der Waals surface area contributed by atoms with E-state index in [-0.39, 0.29) is 11.4 Å². The number of aliphatic carboxylic acids is 1. The lowest BCUT2D eigenvalue weighted by atomic mass is 10.0. The molecule has 1 atom stereocenters. The maximum absolute atomic E-state index is 12.8. The topological polar surface area (TPSA) is 77.9 Å². The maximum atomic E-state index is 12.8. The van der Waals surface area contributed by atoms with Gasteiger partial charge in [-0.05, 0) is 37.5 Å². The van der Waals surface area contributed by atoms with Gasteiger partial charge in [0.15, 0.2) is 0 Å². The van der Waals surface area contributed by atoms with Crippen LogP contribution in [0, 0.1) is 12.8 Å². The smallest absolute Gasteiger partial charge is 0.307 e. The lowest BCUT2D eigenvalue weighted by molar-refractivity contribution is -0.142. The molecule has 0 saturated carbocycles. The highest BCUT2D eigenvalue weighted by molar-refractivity contribution is 7.89. The van der Waals surface area contributed by atoms with Gasteiger partial charge in [-0.3, -0.25) is 4.79 Å². The van der Waals surface area contributed by atoms with Crippen LogP contribution in [0.15, 0.2) is 23.1 Å². The molecule has 1 saturated heterocycles. The van der Waals surface area contributed by atoms with E-state index in [2.05, 4.69) is 0 Å². The standard InChI is InChI=1S/C15H22N2O4S/c1-11-6-7-13(9-14(11)16(2)3)22(20,21)17-8-4-5-12(10-17)15(18)19/h6-7,9,12H,4-5,8,10H2,1-3H3,(H,18,19). The molecule has 1 unspecified atom stereocenters. The van der Waals surface area contributed by atoms with Gasteiger partial charge in [0.1, 0.15) is 0 Å². The average Bonchev–Trinajstić information content (AvgIpc) is 2.47. The number of aryl methyl sites for hydroxylation is 1. The van der Waals surface area contributed by atoms with Crippen LogP contribution in [0.25, 0.3) is 0 Å². The molecule has 122 valence electrons. The Hall–Kier alpha value is -1.60. The van der Waals surface area contributed by atoms with E-state index in [0.717, 1.165) is 11.3 Å². The summed E-state index contributed by atoms with van der Waals surface area (Å²) in [5, 5.41) is 9.12. The van der Waals surface area contributed by atoms with E-state index in [0.29, 0.717) is 19.4 Å². The quantitative estimate of drug-likeness (QED) is 0.908. The van der Waals surface area contributed by atoms with Crippen LogP contribution in [-0.4, -0.2) is 51.0 Å². The van der Waals surface area contributed by atoms with Crippen molar-refractivity contribution >= 4 is 21.7 Å². The van der Waals surface area contributed by atoms with Gasteiger partial charge in [0, 0.05) is 32.9 Å². The van der Waals surface area contributed by atoms with E-state index in [1.54, 1.807) is 18.2 Å². The fourth-order valence-electron chi connectivity index (χ4n) is 2.74. The van der Waals surface area contributed by atoms with E-state index < -0.39 is 21.9 Å². The fourth-order valence-corrected chi connectivity index (χ4v) is 4.29. The van der Waals surface area contributed by atoms with Crippen LogP contribution < -0.4 is 4.90 Å². The second kappa shape index (κ2) is 6.26. The average molecular weight is 326 g/mol. The predicted octanol–water partition coefficient (Wildman–Crippen LogP) is 1.55. The molecule has 0 spiro atoms. The molecule has 1 aromatic rings. The number of benzene rings is 1. The zero-order chi connectivity index (χ0) is 16.5. The first kappa shape index (κ1) is 16.8. The number of sulfonamides is 1. The third-order valence-corrected chi connectivity index (χ3v) is 5.89. The number of carbonyl (C=O) groups is 1. The van der Waals surface area contributed by atoms with Crippen molar-refractivity contribution in [3.8, 4) is 0 Å². The van der Waals surface area contributed by atoms with Gasteiger partial charge in [0.25, 0.3) is 0 Å². The van der Waals surface area contributed by atoms with Gasteiger partial charge >= 0.3 is 5.97 Å². The second-order valence-electron chi connectivity index (χ2n) is 5.88. The molecule has 0 aromatic heterocycles. The molecule has 0 radical (unpaired) electrons. The number of nitrogens with zero attached hydrogens (tertiary/aromatic N) is 2. The molecule has 6 nitrogen and oxygen atoms in total. The van der Waals surface area contributed by atoms with Gasteiger partial charge in [0.05, 0.1) is 10.8 Å². The summed E-state index contributed by atoms with van der Waals surface area (Å²) in [6, 6.07) is 5.01. The number of piperidine rings is 1. The molecule has 1 aromatic carbocycles. The molecular formula is C15H22N2O4S. The lowest BCUT2D eigenvalue weighted by Gasteiger charge is -2.30. The fraction of sp³-hybridized carbons (Fsp3) is 0.533. The first-order valence-electron chi connectivity index (χ1n) is 7.24. The molecule has 0 bridgehead atoms. The minimum absolute atomic E-state index is 0.0445. The third-order valence-electron chi connectivity index (χ3n) is 4.03. The minimum atomic E-state index is -3.66. The SMILES string of the molecule is Cc1ccc(S(=O)(=O)N2CCCC(C(=O)O)C2)cc1N(C)C. The molecular weight excluding hydrogens is 304 g/mol. The Morgan fingerprint density at radius 2 is 2.05 bits per heavy atom. The summed E-state index contributed by atoms with van der Waals surface area (Å²) >= 11 is 0. The summed E-state index contributed by atoms with van der Waals surface area (Å²) in [4.78, 5) is 13.2. The first-order valence-corrected chi connectivity index (χ1v) is 8.68. The summed E-state index contributed by atoms with van der Waals surface area (Å²) in [6.07, 6.45) is 1.10. The molecule has 1 heterocycles. The number of carboxylic acid groups (broad SMARTS) is 1. The van der Waals surface area contributed by atoms with Crippen LogP contribution in [0.4, 0.5) is 5.69 Å². The van der Waals surface area contributed by atoms with E-state index in [9.17, 15) is 13.2 Å².